The second kappa shape index (κ2) is 10.7. The molecule has 0 spiro atoms. The Hall–Kier alpha value is -4.17. The van der Waals surface area contributed by atoms with Crippen molar-refractivity contribution in [3.8, 4) is 18.2 Å². The van der Waals surface area contributed by atoms with Crippen molar-refractivity contribution in [2.24, 2.45) is 11.8 Å². The summed E-state index contributed by atoms with van der Waals surface area (Å²) in [6.07, 6.45) is 9.17. The van der Waals surface area contributed by atoms with Gasteiger partial charge in [0.05, 0.1) is 28.5 Å². The van der Waals surface area contributed by atoms with E-state index in [2.05, 4.69) is 17.9 Å². The Kier molecular flexibility index (Phi) is 7.38. The van der Waals surface area contributed by atoms with Gasteiger partial charge in [-0.05, 0) is 45.4 Å². The zero-order chi connectivity index (χ0) is 29.5. The molecule has 0 aromatic carbocycles. The summed E-state index contributed by atoms with van der Waals surface area (Å²) in [5, 5.41) is 29.4. The van der Waals surface area contributed by atoms with E-state index in [0.717, 1.165) is 29.3 Å². The van der Waals surface area contributed by atoms with Crippen LogP contribution in [0.2, 0.25) is 0 Å². The molecule has 2 saturated heterocycles. The van der Waals surface area contributed by atoms with Crippen LogP contribution < -0.4 is 4.90 Å². The second-order valence-electron chi connectivity index (χ2n) is 11.2. The lowest BCUT2D eigenvalue weighted by atomic mass is 9.78. The number of rotatable bonds is 9. The molecule has 5 heterocycles. The molecule has 1 aromatic rings. The Labute approximate surface area is 243 Å². The summed E-state index contributed by atoms with van der Waals surface area (Å²) in [4.78, 5) is 31.0. The molecule has 4 unspecified atom stereocenters. The molecule has 2 amide bonds. The molecule has 1 aromatic heterocycles. The molecular weight excluding hydrogens is 538 g/mol. The van der Waals surface area contributed by atoms with Crippen molar-refractivity contribution < 1.29 is 19.1 Å². The maximum Gasteiger partial charge on any atom is 0.236 e. The highest BCUT2D eigenvalue weighted by Gasteiger charge is 2.65. The lowest BCUT2D eigenvalue weighted by Gasteiger charge is -2.27. The van der Waals surface area contributed by atoms with Crippen LogP contribution >= 0.6 is 11.3 Å². The molecule has 0 N–H and O–H groups in total. The molecule has 41 heavy (non-hydrogen) atoms. The molecule has 0 saturated carbocycles. The lowest BCUT2D eigenvalue weighted by Crippen LogP contribution is -2.42. The van der Waals surface area contributed by atoms with Gasteiger partial charge in [-0.2, -0.15) is 15.8 Å². The molecule has 2 bridgehead atoms. The van der Waals surface area contributed by atoms with Crippen LogP contribution in [0.15, 0.2) is 52.8 Å². The van der Waals surface area contributed by atoms with Gasteiger partial charge in [-0.15, -0.1) is 11.3 Å². The molecule has 0 radical (unpaired) electrons. The Morgan fingerprint density at radius 2 is 1.88 bits per heavy atom. The average Bonchev–Trinajstić information content (AvgIpc) is 3.73. The van der Waals surface area contributed by atoms with Crippen molar-refractivity contribution in [3.05, 3.63) is 57.7 Å². The smallest absolute Gasteiger partial charge is 0.236 e. The SMILES string of the molecule is CCCCN(CCN1C(=O)C2C3C=CC(C)(O3)C2C1=O)c1ccc(/C=C/C2=C(C#N)C(=C(C#N)C#N)OC2(C)C)s1. The van der Waals surface area contributed by atoms with Gasteiger partial charge in [0.15, 0.2) is 11.3 Å². The Balaban J connectivity index is 1.33. The van der Waals surface area contributed by atoms with E-state index in [1.54, 1.807) is 43.4 Å². The van der Waals surface area contributed by atoms with E-state index >= 15 is 0 Å². The monoisotopic (exact) mass is 569 g/mol. The highest BCUT2D eigenvalue weighted by atomic mass is 32.1. The van der Waals surface area contributed by atoms with Crippen molar-refractivity contribution in [2.75, 3.05) is 24.5 Å². The number of amides is 2. The Morgan fingerprint density at radius 3 is 2.54 bits per heavy atom. The van der Waals surface area contributed by atoms with E-state index in [9.17, 15) is 25.4 Å². The maximum absolute atomic E-state index is 13.3. The number of hydrogen-bond acceptors (Lipinski definition) is 9. The third-order valence-electron chi connectivity index (χ3n) is 8.20. The van der Waals surface area contributed by atoms with Crippen LogP contribution in [0, 0.1) is 45.8 Å². The first kappa shape index (κ1) is 28.4. The van der Waals surface area contributed by atoms with Crippen molar-refractivity contribution in [1.29, 1.82) is 15.8 Å². The number of allylic oxidation sites excluding steroid dienone is 2. The lowest BCUT2D eigenvalue weighted by molar-refractivity contribution is -0.143. The Bertz CT molecular complexity index is 1530. The number of nitriles is 3. The first-order chi connectivity index (χ1) is 19.6. The van der Waals surface area contributed by atoms with Crippen LogP contribution in [-0.2, 0) is 19.1 Å². The summed E-state index contributed by atoms with van der Waals surface area (Å²) < 4.78 is 11.8. The molecular formula is C31H31N5O4S. The van der Waals surface area contributed by atoms with Gasteiger partial charge < -0.3 is 14.4 Å². The molecule has 2 fully saturated rings. The first-order valence-corrected chi connectivity index (χ1v) is 14.5. The van der Waals surface area contributed by atoms with Gasteiger partial charge in [-0.25, -0.2) is 0 Å². The number of carbonyl (C=O) groups excluding carboxylic acids is 2. The van der Waals surface area contributed by atoms with Crippen molar-refractivity contribution in [3.63, 3.8) is 0 Å². The molecule has 0 aliphatic carbocycles. The summed E-state index contributed by atoms with van der Waals surface area (Å²) in [6.45, 7) is 9.22. The molecule has 4 aliphatic rings. The molecule has 4 aliphatic heterocycles. The highest BCUT2D eigenvalue weighted by molar-refractivity contribution is 7.16. The van der Waals surface area contributed by atoms with E-state index in [1.807, 2.05) is 37.3 Å². The molecule has 210 valence electrons. The largest absolute Gasteiger partial charge is 0.480 e. The van der Waals surface area contributed by atoms with Gasteiger partial charge >= 0.3 is 0 Å². The minimum atomic E-state index is -0.882. The van der Waals surface area contributed by atoms with Gasteiger partial charge in [0.2, 0.25) is 11.8 Å². The van der Waals surface area contributed by atoms with Crippen LogP contribution in [0.25, 0.3) is 6.08 Å². The molecule has 5 rings (SSSR count). The number of hydrogen-bond donors (Lipinski definition) is 0. The first-order valence-electron chi connectivity index (χ1n) is 13.7. The standard InChI is InChI=1S/C31H31N5O4S/c1-5-6-13-35(14-15-36-28(37)25-23-11-12-31(4,39-23)26(25)29(36)38)24-10-8-20(41-24)7-9-22-21(18-34)27(19(16-32)17-33)40-30(22,2)3/h7-12,23,25-26H,5-6,13-15H2,1-4H3/b9-7+. The van der Waals surface area contributed by atoms with Crippen LogP contribution in [0.1, 0.15) is 45.4 Å². The second-order valence-corrected chi connectivity index (χ2v) is 12.3. The fourth-order valence-electron chi connectivity index (χ4n) is 6.08. The van der Waals surface area contributed by atoms with Gasteiger partial charge in [-0.1, -0.05) is 31.6 Å². The van der Waals surface area contributed by atoms with Gasteiger partial charge in [0.1, 0.15) is 29.4 Å². The molecule has 9 nitrogen and oxygen atoms in total. The normalized spacial score (nSPS) is 27.3. The number of unbranched alkanes of at least 4 members (excludes halogenated alkanes) is 1. The van der Waals surface area contributed by atoms with Crippen molar-refractivity contribution >= 4 is 34.2 Å². The van der Waals surface area contributed by atoms with E-state index in [0.29, 0.717) is 18.7 Å². The fraction of sp³-hybridized carbons (Fsp3) is 0.452. The predicted molar refractivity (Wildman–Crippen MR) is 153 cm³/mol. The van der Waals surface area contributed by atoms with Gasteiger partial charge in [-0.3, -0.25) is 14.5 Å². The van der Waals surface area contributed by atoms with Crippen molar-refractivity contribution in [2.45, 2.75) is 57.8 Å². The zero-order valence-corrected chi connectivity index (χ0v) is 24.3. The predicted octanol–water partition coefficient (Wildman–Crippen LogP) is 4.63. The summed E-state index contributed by atoms with van der Waals surface area (Å²) in [5.74, 6) is -1.15. The van der Waals surface area contributed by atoms with Gasteiger partial charge in [0, 0.05) is 30.1 Å². The fourth-order valence-corrected chi connectivity index (χ4v) is 7.05. The third kappa shape index (κ3) is 4.76. The quantitative estimate of drug-likeness (QED) is 0.239. The van der Waals surface area contributed by atoms with Crippen LogP contribution in [-0.4, -0.2) is 53.7 Å². The number of anilines is 1. The van der Waals surface area contributed by atoms with Crippen LogP contribution in [0.4, 0.5) is 5.00 Å². The number of fused-ring (bicyclic) bond motifs is 5. The topological polar surface area (TPSA) is 130 Å². The summed E-state index contributed by atoms with van der Waals surface area (Å²) in [5.41, 5.74) is -1.04. The van der Waals surface area contributed by atoms with Crippen molar-refractivity contribution in [1.82, 2.24) is 4.90 Å². The minimum absolute atomic E-state index is 0.0132. The van der Waals surface area contributed by atoms with Crippen LogP contribution in [0.3, 0.4) is 0 Å². The summed E-state index contributed by atoms with van der Waals surface area (Å²) >= 11 is 1.57. The summed E-state index contributed by atoms with van der Waals surface area (Å²) in [7, 11) is 0. The Morgan fingerprint density at radius 1 is 1.12 bits per heavy atom. The zero-order valence-electron chi connectivity index (χ0n) is 23.5. The number of thiophene rings is 1. The molecule has 4 atom stereocenters. The highest BCUT2D eigenvalue weighted by Crippen LogP contribution is 2.51. The average molecular weight is 570 g/mol. The van der Waals surface area contributed by atoms with E-state index in [4.69, 9.17) is 9.47 Å². The van der Waals surface area contributed by atoms with E-state index < -0.39 is 23.0 Å². The minimum Gasteiger partial charge on any atom is -0.480 e. The number of imide groups is 1. The van der Waals surface area contributed by atoms with E-state index in [-0.39, 0.29) is 34.8 Å². The number of nitrogens with zero attached hydrogens (tertiary/aromatic N) is 5. The molecule has 10 heteroatoms. The number of ether oxygens (including phenoxy) is 2. The van der Waals surface area contributed by atoms with Crippen LogP contribution in [0.5, 0.6) is 0 Å². The van der Waals surface area contributed by atoms with E-state index in [1.165, 1.54) is 4.90 Å². The number of likely N-dealkylation sites (tertiary alicyclic amines) is 1. The van der Waals surface area contributed by atoms with Gasteiger partial charge in [0.25, 0.3) is 0 Å². The third-order valence-corrected chi connectivity index (χ3v) is 9.31. The maximum atomic E-state index is 13.3. The summed E-state index contributed by atoms with van der Waals surface area (Å²) in [6, 6.07) is 9.71. The number of carbonyl (C=O) groups is 2.